The molecule has 0 unspecified atom stereocenters. The second-order valence-corrected chi connectivity index (χ2v) is 4.74. The SMILES string of the molecule is O/N=C\c1ccc(OCc2cccc3ccccc23)cc1. The maximum absolute atomic E-state index is 8.48. The van der Waals surface area contributed by atoms with Gasteiger partial charge in [-0.3, -0.25) is 0 Å². The van der Waals surface area contributed by atoms with E-state index in [1.54, 1.807) is 0 Å². The van der Waals surface area contributed by atoms with Crippen molar-refractivity contribution >= 4 is 17.0 Å². The second-order valence-electron chi connectivity index (χ2n) is 4.74. The minimum Gasteiger partial charge on any atom is -0.489 e. The van der Waals surface area contributed by atoms with E-state index < -0.39 is 0 Å². The van der Waals surface area contributed by atoms with Crippen LogP contribution >= 0.6 is 0 Å². The molecule has 0 heterocycles. The van der Waals surface area contributed by atoms with Gasteiger partial charge in [0.1, 0.15) is 12.4 Å². The van der Waals surface area contributed by atoms with E-state index in [2.05, 4.69) is 29.4 Å². The first-order valence-electron chi connectivity index (χ1n) is 6.74. The van der Waals surface area contributed by atoms with Crippen LogP contribution in [0.4, 0.5) is 0 Å². The van der Waals surface area contributed by atoms with Crippen LogP contribution in [0.25, 0.3) is 10.8 Å². The Balaban J connectivity index is 1.77. The summed E-state index contributed by atoms with van der Waals surface area (Å²) >= 11 is 0. The number of fused-ring (bicyclic) bond motifs is 1. The quantitative estimate of drug-likeness (QED) is 0.440. The zero-order valence-electron chi connectivity index (χ0n) is 11.4. The first-order chi connectivity index (χ1) is 10.4. The van der Waals surface area contributed by atoms with Gasteiger partial charge in [-0.15, -0.1) is 0 Å². The molecule has 21 heavy (non-hydrogen) atoms. The summed E-state index contributed by atoms with van der Waals surface area (Å²) in [5.41, 5.74) is 1.99. The van der Waals surface area contributed by atoms with E-state index in [1.807, 2.05) is 42.5 Å². The molecule has 0 fully saturated rings. The third-order valence-electron chi connectivity index (χ3n) is 3.36. The average Bonchev–Trinajstić information content (AvgIpc) is 2.54. The van der Waals surface area contributed by atoms with Crippen LogP contribution in [0.2, 0.25) is 0 Å². The topological polar surface area (TPSA) is 41.8 Å². The van der Waals surface area contributed by atoms with E-state index in [-0.39, 0.29) is 0 Å². The van der Waals surface area contributed by atoms with Crippen molar-refractivity contribution in [3.63, 3.8) is 0 Å². The van der Waals surface area contributed by atoms with Gasteiger partial charge < -0.3 is 9.94 Å². The van der Waals surface area contributed by atoms with Gasteiger partial charge >= 0.3 is 0 Å². The molecule has 0 radical (unpaired) electrons. The van der Waals surface area contributed by atoms with Crippen molar-refractivity contribution in [2.75, 3.05) is 0 Å². The lowest BCUT2D eigenvalue weighted by molar-refractivity contribution is 0.307. The number of nitrogens with zero attached hydrogens (tertiary/aromatic N) is 1. The third kappa shape index (κ3) is 3.03. The summed E-state index contributed by atoms with van der Waals surface area (Å²) in [6.45, 7) is 0.523. The molecule has 0 bridgehead atoms. The lowest BCUT2D eigenvalue weighted by Gasteiger charge is -2.09. The van der Waals surface area contributed by atoms with Crippen LogP contribution in [0, 0.1) is 0 Å². The number of rotatable bonds is 4. The summed E-state index contributed by atoms with van der Waals surface area (Å²) in [5.74, 6) is 0.790. The molecule has 0 aromatic heterocycles. The standard InChI is InChI=1S/C18H15NO2/c20-19-12-14-8-10-17(11-9-14)21-13-16-6-3-5-15-4-1-2-7-18(15)16/h1-12,20H,13H2/b19-12-. The molecule has 3 rings (SSSR count). The average molecular weight is 277 g/mol. The Kier molecular flexibility index (Phi) is 3.83. The fourth-order valence-electron chi connectivity index (χ4n) is 2.30. The van der Waals surface area contributed by atoms with Gasteiger partial charge in [-0.05, 0) is 46.2 Å². The molecule has 3 heteroatoms. The molecule has 0 atom stereocenters. The maximum Gasteiger partial charge on any atom is 0.119 e. The summed E-state index contributed by atoms with van der Waals surface area (Å²) in [4.78, 5) is 0. The van der Waals surface area contributed by atoms with Gasteiger partial charge in [0.15, 0.2) is 0 Å². The van der Waals surface area contributed by atoms with Crippen LogP contribution in [-0.2, 0) is 6.61 Å². The zero-order valence-corrected chi connectivity index (χ0v) is 11.4. The van der Waals surface area contributed by atoms with Crippen molar-refractivity contribution in [2.24, 2.45) is 5.16 Å². The third-order valence-corrected chi connectivity index (χ3v) is 3.36. The van der Waals surface area contributed by atoms with Gasteiger partial charge in [-0.25, -0.2) is 0 Å². The number of hydrogen-bond acceptors (Lipinski definition) is 3. The van der Waals surface area contributed by atoms with E-state index in [0.717, 1.165) is 16.9 Å². The first-order valence-corrected chi connectivity index (χ1v) is 6.74. The highest BCUT2D eigenvalue weighted by Crippen LogP contribution is 2.20. The van der Waals surface area contributed by atoms with E-state index in [9.17, 15) is 0 Å². The van der Waals surface area contributed by atoms with Crippen molar-refractivity contribution in [2.45, 2.75) is 6.61 Å². The molecule has 0 aliphatic heterocycles. The van der Waals surface area contributed by atoms with Gasteiger partial charge in [-0.2, -0.15) is 0 Å². The second kappa shape index (κ2) is 6.09. The van der Waals surface area contributed by atoms with Gasteiger partial charge in [0.25, 0.3) is 0 Å². The summed E-state index contributed by atoms with van der Waals surface area (Å²) in [7, 11) is 0. The lowest BCUT2D eigenvalue weighted by atomic mass is 10.1. The fourth-order valence-corrected chi connectivity index (χ4v) is 2.30. The predicted molar refractivity (Wildman–Crippen MR) is 84.1 cm³/mol. The number of oxime groups is 1. The van der Waals surface area contributed by atoms with Gasteiger partial charge in [0.2, 0.25) is 0 Å². The van der Waals surface area contributed by atoms with E-state index in [4.69, 9.17) is 9.94 Å². The highest BCUT2D eigenvalue weighted by atomic mass is 16.5. The van der Waals surface area contributed by atoms with E-state index in [0.29, 0.717) is 6.61 Å². The molecule has 1 N–H and O–H groups in total. The predicted octanol–water partition coefficient (Wildman–Crippen LogP) is 4.23. The van der Waals surface area contributed by atoms with Gasteiger partial charge in [-0.1, -0.05) is 47.6 Å². The van der Waals surface area contributed by atoms with Crippen LogP contribution in [0.1, 0.15) is 11.1 Å². The highest BCUT2D eigenvalue weighted by molar-refractivity contribution is 5.85. The largest absolute Gasteiger partial charge is 0.489 e. The van der Waals surface area contributed by atoms with Crippen LogP contribution in [0.3, 0.4) is 0 Å². The molecule has 0 spiro atoms. The Morgan fingerprint density at radius 3 is 2.48 bits per heavy atom. The smallest absolute Gasteiger partial charge is 0.119 e. The molecule has 0 saturated carbocycles. The van der Waals surface area contributed by atoms with Crippen molar-refractivity contribution in [1.29, 1.82) is 0 Å². The maximum atomic E-state index is 8.48. The molecule has 0 aliphatic rings. The van der Waals surface area contributed by atoms with Gasteiger partial charge in [0.05, 0.1) is 6.21 Å². The summed E-state index contributed by atoms with van der Waals surface area (Å²) in [6, 6.07) is 21.9. The Hall–Kier alpha value is -2.81. The summed E-state index contributed by atoms with van der Waals surface area (Å²) < 4.78 is 5.83. The minimum atomic E-state index is 0.523. The Labute approximate surface area is 123 Å². The molecule has 0 amide bonds. The zero-order chi connectivity index (χ0) is 14.5. The van der Waals surface area contributed by atoms with Crippen LogP contribution in [-0.4, -0.2) is 11.4 Å². The van der Waals surface area contributed by atoms with Crippen LogP contribution in [0.15, 0.2) is 71.9 Å². The van der Waals surface area contributed by atoms with Crippen molar-refractivity contribution in [1.82, 2.24) is 0 Å². The van der Waals surface area contributed by atoms with Crippen LogP contribution < -0.4 is 4.74 Å². The van der Waals surface area contributed by atoms with Gasteiger partial charge in [0, 0.05) is 0 Å². The molecule has 3 aromatic carbocycles. The normalized spacial score (nSPS) is 11.0. The molecular weight excluding hydrogens is 262 g/mol. The van der Waals surface area contributed by atoms with E-state index >= 15 is 0 Å². The molecule has 104 valence electrons. The van der Waals surface area contributed by atoms with Crippen molar-refractivity contribution in [3.05, 3.63) is 77.9 Å². The molecule has 3 aromatic rings. The Bertz CT molecular complexity index is 758. The lowest BCUT2D eigenvalue weighted by Crippen LogP contribution is -1.96. The highest BCUT2D eigenvalue weighted by Gasteiger charge is 2.01. The summed E-state index contributed by atoms with van der Waals surface area (Å²) in [6.07, 6.45) is 1.38. The monoisotopic (exact) mass is 277 g/mol. The van der Waals surface area contributed by atoms with Crippen molar-refractivity contribution < 1.29 is 9.94 Å². The van der Waals surface area contributed by atoms with E-state index in [1.165, 1.54) is 17.0 Å². The fraction of sp³-hybridized carbons (Fsp3) is 0.0556. The minimum absolute atomic E-state index is 0.523. The van der Waals surface area contributed by atoms with Crippen LogP contribution in [0.5, 0.6) is 5.75 Å². The number of benzene rings is 3. The Morgan fingerprint density at radius 1 is 0.905 bits per heavy atom. The number of hydrogen-bond donors (Lipinski definition) is 1. The molecular formula is C18H15NO2. The molecule has 0 aliphatic carbocycles. The Morgan fingerprint density at radius 2 is 1.67 bits per heavy atom. The number of ether oxygens (including phenoxy) is 1. The summed E-state index contributed by atoms with van der Waals surface area (Å²) in [5, 5.41) is 13.9. The molecule has 0 saturated heterocycles. The van der Waals surface area contributed by atoms with Crippen molar-refractivity contribution in [3.8, 4) is 5.75 Å². The first kappa shape index (κ1) is 13.2. The molecule has 3 nitrogen and oxygen atoms in total.